The highest BCUT2D eigenvalue weighted by Crippen LogP contribution is 2.13. The normalized spacial score (nSPS) is 12.6. The van der Waals surface area contributed by atoms with E-state index < -0.39 is 0 Å². The molecule has 2 aromatic heterocycles. The molecule has 4 nitrogen and oxygen atoms in total. The average Bonchev–Trinajstić information content (AvgIpc) is 2.85. The molecule has 0 saturated heterocycles. The summed E-state index contributed by atoms with van der Waals surface area (Å²) in [5.41, 5.74) is 1.08. The van der Waals surface area contributed by atoms with Crippen LogP contribution in [0.1, 0.15) is 17.4 Å². The molecule has 0 aliphatic carbocycles. The van der Waals surface area contributed by atoms with E-state index in [2.05, 4.69) is 10.3 Å². The lowest BCUT2D eigenvalue weighted by Crippen LogP contribution is -2.23. The number of rotatable bonds is 5. The van der Waals surface area contributed by atoms with Crippen LogP contribution in [0.15, 0.2) is 47.3 Å². The Balaban J connectivity index is 1.94. The van der Waals surface area contributed by atoms with E-state index >= 15 is 0 Å². The summed E-state index contributed by atoms with van der Waals surface area (Å²) in [5.74, 6) is 0.742. The summed E-state index contributed by atoms with van der Waals surface area (Å²) in [6.45, 7) is 0.660. The molecule has 0 aromatic carbocycles. The monoisotopic (exact) mass is 218 g/mol. The number of furan rings is 1. The lowest BCUT2D eigenvalue weighted by Gasteiger charge is -2.13. The Morgan fingerprint density at radius 2 is 2.31 bits per heavy atom. The summed E-state index contributed by atoms with van der Waals surface area (Å²) in [4.78, 5) is 4.03. The summed E-state index contributed by atoms with van der Waals surface area (Å²) in [6, 6.07) is 7.35. The first-order chi connectivity index (χ1) is 7.90. The molecule has 84 valence electrons. The standard InChI is InChI=1S/C12H14N2O2/c15-9-11(12-4-2-6-16-12)14-8-10-3-1-5-13-7-10/h1-7,11,14-15H,8-9H2. The molecule has 1 atom stereocenters. The number of hydrogen-bond acceptors (Lipinski definition) is 4. The molecule has 0 radical (unpaired) electrons. The van der Waals surface area contributed by atoms with Crippen LogP contribution in [0.25, 0.3) is 0 Å². The smallest absolute Gasteiger partial charge is 0.123 e. The summed E-state index contributed by atoms with van der Waals surface area (Å²) >= 11 is 0. The zero-order valence-corrected chi connectivity index (χ0v) is 8.84. The van der Waals surface area contributed by atoms with Crippen LogP contribution in [0.2, 0.25) is 0 Å². The molecule has 16 heavy (non-hydrogen) atoms. The number of pyridine rings is 1. The van der Waals surface area contributed by atoms with Gasteiger partial charge in [0.1, 0.15) is 5.76 Å². The highest BCUT2D eigenvalue weighted by atomic mass is 16.3. The Morgan fingerprint density at radius 1 is 1.38 bits per heavy atom. The molecule has 0 aliphatic heterocycles. The zero-order valence-electron chi connectivity index (χ0n) is 8.84. The van der Waals surface area contributed by atoms with Gasteiger partial charge in [-0.05, 0) is 23.8 Å². The summed E-state index contributed by atoms with van der Waals surface area (Å²) < 4.78 is 5.24. The lowest BCUT2D eigenvalue weighted by atomic mass is 10.2. The fraction of sp³-hybridized carbons (Fsp3) is 0.250. The van der Waals surface area contributed by atoms with Gasteiger partial charge in [0, 0.05) is 18.9 Å². The predicted octanol–water partition coefficient (Wildman–Crippen LogP) is 1.50. The Morgan fingerprint density at radius 3 is 2.94 bits per heavy atom. The number of aromatic nitrogens is 1. The molecule has 2 rings (SSSR count). The van der Waals surface area contributed by atoms with Crippen molar-refractivity contribution in [3.05, 3.63) is 54.2 Å². The molecular weight excluding hydrogens is 204 g/mol. The van der Waals surface area contributed by atoms with Crippen molar-refractivity contribution in [2.45, 2.75) is 12.6 Å². The molecule has 2 heterocycles. The van der Waals surface area contributed by atoms with Gasteiger partial charge in [-0.2, -0.15) is 0 Å². The second-order valence-corrected chi connectivity index (χ2v) is 3.49. The highest BCUT2D eigenvalue weighted by molar-refractivity contribution is 5.10. The van der Waals surface area contributed by atoms with E-state index in [1.54, 1.807) is 18.7 Å². The van der Waals surface area contributed by atoms with Crippen LogP contribution in [0.3, 0.4) is 0 Å². The minimum absolute atomic E-state index is 0.00771. The molecule has 0 fully saturated rings. The van der Waals surface area contributed by atoms with Gasteiger partial charge < -0.3 is 14.8 Å². The molecule has 0 amide bonds. The molecule has 0 aliphatic rings. The third-order valence-electron chi connectivity index (χ3n) is 2.34. The molecule has 0 bridgehead atoms. The first-order valence-electron chi connectivity index (χ1n) is 5.16. The van der Waals surface area contributed by atoms with Gasteiger partial charge in [-0.3, -0.25) is 4.98 Å². The summed E-state index contributed by atoms with van der Waals surface area (Å²) in [7, 11) is 0. The van der Waals surface area contributed by atoms with Crippen LogP contribution in [0, 0.1) is 0 Å². The van der Waals surface area contributed by atoms with Gasteiger partial charge in [0.2, 0.25) is 0 Å². The Kier molecular flexibility index (Phi) is 3.69. The SMILES string of the molecule is OCC(NCc1cccnc1)c1ccco1. The maximum Gasteiger partial charge on any atom is 0.123 e. The lowest BCUT2D eigenvalue weighted by molar-refractivity contribution is 0.225. The number of aliphatic hydroxyl groups is 1. The van der Waals surface area contributed by atoms with Crippen molar-refractivity contribution in [1.82, 2.24) is 10.3 Å². The van der Waals surface area contributed by atoms with Crippen LogP contribution in [0.4, 0.5) is 0 Å². The van der Waals surface area contributed by atoms with Crippen LogP contribution in [0.5, 0.6) is 0 Å². The first-order valence-corrected chi connectivity index (χ1v) is 5.16. The topological polar surface area (TPSA) is 58.3 Å². The first kappa shape index (κ1) is 10.9. The molecular formula is C12H14N2O2. The van der Waals surface area contributed by atoms with Gasteiger partial charge in [-0.1, -0.05) is 6.07 Å². The second kappa shape index (κ2) is 5.44. The van der Waals surface area contributed by atoms with Gasteiger partial charge in [-0.25, -0.2) is 0 Å². The summed E-state index contributed by atoms with van der Waals surface area (Å²) in [5, 5.41) is 12.4. The molecule has 2 N–H and O–H groups in total. The van der Waals surface area contributed by atoms with E-state index in [1.165, 1.54) is 0 Å². The minimum Gasteiger partial charge on any atom is -0.468 e. The van der Waals surface area contributed by atoms with Crippen molar-refractivity contribution in [3.8, 4) is 0 Å². The Hall–Kier alpha value is -1.65. The molecule has 1 unspecified atom stereocenters. The maximum absolute atomic E-state index is 9.24. The van der Waals surface area contributed by atoms with Gasteiger partial charge in [0.25, 0.3) is 0 Å². The molecule has 2 aromatic rings. The van der Waals surface area contributed by atoms with Gasteiger partial charge >= 0.3 is 0 Å². The van der Waals surface area contributed by atoms with E-state index in [0.29, 0.717) is 6.54 Å². The highest BCUT2D eigenvalue weighted by Gasteiger charge is 2.11. The second-order valence-electron chi connectivity index (χ2n) is 3.49. The van der Waals surface area contributed by atoms with E-state index in [9.17, 15) is 5.11 Å². The third-order valence-corrected chi connectivity index (χ3v) is 2.34. The number of nitrogens with one attached hydrogen (secondary N) is 1. The number of nitrogens with zero attached hydrogens (tertiary/aromatic N) is 1. The van der Waals surface area contributed by atoms with Crippen molar-refractivity contribution in [2.75, 3.05) is 6.61 Å². The number of hydrogen-bond donors (Lipinski definition) is 2. The van der Waals surface area contributed by atoms with Crippen molar-refractivity contribution >= 4 is 0 Å². The largest absolute Gasteiger partial charge is 0.468 e. The van der Waals surface area contributed by atoms with E-state index in [-0.39, 0.29) is 12.6 Å². The van der Waals surface area contributed by atoms with Gasteiger partial charge in [0.15, 0.2) is 0 Å². The van der Waals surface area contributed by atoms with Crippen LogP contribution in [-0.2, 0) is 6.54 Å². The molecule has 0 spiro atoms. The van der Waals surface area contributed by atoms with Crippen LogP contribution >= 0.6 is 0 Å². The van der Waals surface area contributed by atoms with E-state index in [0.717, 1.165) is 11.3 Å². The predicted molar refractivity (Wildman–Crippen MR) is 59.6 cm³/mol. The van der Waals surface area contributed by atoms with Crippen molar-refractivity contribution in [2.24, 2.45) is 0 Å². The van der Waals surface area contributed by atoms with Crippen LogP contribution in [-0.4, -0.2) is 16.7 Å². The van der Waals surface area contributed by atoms with Crippen molar-refractivity contribution < 1.29 is 9.52 Å². The third kappa shape index (κ3) is 2.68. The maximum atomic E-state index is 9.24. The Labute approximate surface area is 93.9 Å². The molecule has 0 saturated carbocycles. The van der Waals surface area contributed by atoms with Crippen molar-refractivity contribution in [3.63, 3.8) is 0 Å². The van der Waals surface area contributed by atoms with Gasteiger partial charge in [-0.15, -0.1) is 0 Å². The van der Waals surface area contributed by atoms with Crippen molar-refractivity contribution in [1.29, 1.82) is 0 Å². The fourth-order valence-electron chi connectivity index (χ4n) is 1.49. The quantitative estimate of drug-likeness (QED) is 0.798. The zero-order chi connectivity index (χ0) is 11.2. The summed E-state index contributed by atoms with van der Waals surface area (Å²) in [6.07, 6.45) is 5.13. The average molecular weight is 218 g/mol. The number of aliphatic hydroxyl groups excluding tert-OH is 1. The van der Waals surface area contributed by atoms with E-state index in [1.807, 2.05) is 24.3 Å². The minimum atomic E-state index is -0.171. The van der Waals surface area contributed by atoms with Crippen LogP contribution < -0.4 is 5.32 Å². The van der Waals surface area contributed by atoms with E-state index in [4.69, 9.17) is 4.42 Å². The Bertz CT molecular complexity index is 400. The fourth-order valence-corrected chi connectivity index (χ4v) is 1.49. The van der Waals surface area contributed by atoms with Gasteiger partial charge in [0.05, 0.1) is 18.9 Å². The molecule has 4 heteroatoms.